The van der Waals surface area contributed by atoms with Crippen LogP contribution in [-0.2, 0) is 6.54 Å². The topological polar surface area (TPSA) is 62.3 Å². The molecule has 0 fully saturated rings. The number of hydrogen-bond donors (Lipinski definition) is 1. The SMILES string of the molecule is COc1cc(N)ccc1CN(C)C(C)CC#N. The number of nitrogens with two attached hydrogens (primary N) is 1. The van der Waals surface area contributed by atoms with Crippen molar-refractivity contribution < 1.29 is 4.74 Å². The van der Waals surface area contributed by atoms with E-state index in [1.807, 2.05) is 32.2 Å². The van der Waals surface area contributed by atoms with Crippen molar-refractivity contribution in [3.8, 4) is 11.8 Å². The van der Waals surface area contributed by atoms with Gasteiger partial charge in [-0.05, 0) is 20.0 Å². The second kappa shape index (κ2) is 6.12. The monoisotopic (exact) mass is 233 g/mol. The summed E-state index contributed by atoms with van der Waals surface area (Å²) in [6, 6.07) is 8.04. The molecule has 2 N–H and O–H groups in total. The summed E-state index contributed by atoms with van der Waals surface area (Å²) in [5.41, 5.74) is 7.48. The molecule has 0 bridgehead atoms. The predicted octanol–water partition coefficient (Wildman–Crippen LogP) is 2.01. The number of rotatable bonds is 5. The summed E-state index contributed by atoms with van der Waals surface area (Å²) in [6.45, 7) is 2.78. The summed E-state index contributed by atoms with van der Waals surface area (Å²) < 4.78 is 5.30. The van der Waals surface area contributed by atoms with Crippen molar-refractivity contribution in [3.05, 3.63) is 23.8 Å². The first kappa shape index (κ1) is 13.3. The molecule has 0 heterocycles. The van der Waals surface area contributed by atoms with E-state index >= 15 is 0 Å². The lowest BCUT2D eigenvalue weighted by Crippen LogP contribution is -2.28. The largest absolute Gasteiger partial charge is 0.496 e. The molecule has 1 rings (SSSR count). The Morgan fingerprint density at radius 2 is 2.24 bits per heavy atom. The second-order valence-corrected chi connectivity index (χ2v) is 4.20. The summed E-state index contributed by atoms with van der Waals surface area (Å²) in [5, 5.41) is 8.67. The highest BCUT2D eigenvalue weighted by atomic mass is 16.5. The lowest BCUT2D eigenvalue weighted by atomic mass is 10.1. The van der Waals surface area contributed by atoms with Crippen LogP contribution in [0, 0.1) is 11.3 Å². The van der Waals surface area contributed by atoms with E-state index in [1.54, 1.807) is 7.11 Å². The summed E-state index contributed by atoms with van der Waals surface area (Å²) in [5.74, 6) is 0.793. The second-order valence-electron chi connectivity index (χ2n) is 4.20. The molecule has 0 aromatic heterocycles. The van der Waals surface area contributed by atoms with Crippen molar-refractivity contribution in [1.82, 2.24) is 4.90 Å². The normalized spacial score (nSPS) is 12.2. The smallest absolute Gasteiger partial charge is 0.125 e. The third kappa shape index (κ3) is 3.65. The van der Waals surface area contributed by atoms with Gasteiger partial charge in [0.1, 0.15) is 5.75 Å². The fraction of sp³-hybridized carbons (Fsp3) is 0.462. The fourth-order valence-electron chi connectivity index (χ4n) is 1.60. The fourth-order valence-corrected chi connectivity index (χ4v) is 1.60. The van der Waals surface area contributed by atoms with Gasteiger partial charge in [0, 0.05) is 29.9 Å². The summed E-state index contributed by atoms with van der Waals surface area (Å²) in [4.78, 5) is 2.12. The number of benzene rings is 1. The average molecular weight is 233 g/mol. The summed E-state index contributed by atoms with van der Waals surface area (Å²) in [6.07, 6.45) is 0.522. The molecular weight excluding hydrogens is 214 g/mol. The Kier molecular flexibility index (Phi) is 4.80. The molecule has 17 heavy (non-hydrogen) atoms. The Morgan fingerprint density at radius 3 is 2.82 bits per heavy atom. The molecular formula is C13H19N3O. The van der Waals surface area contributed by atoms with E-state index in [1.165, 1.54) is 0 Å². The molecule has 0 saturated carbocycles. The van der Waals surface area contributed by atoms with E-state index in [2.05, 4.69) is 11.0 Å². The van der Waals surface area contributed by atoms with E-state index in [-0.39, 0.29) is 6.04 Å². The quantitative estimate of drug-likeness (QED) is 0.790. The molecule has 0 amide bonds. The van der Waals surface area contributed by atoms with Gasteiger partial charge < -0.3 is 10.5 Å². The number of nitriles is 1. The first-order valence-corrected chi connectivity index (χ1v) is 5.58. The van der Waals surface area contributed by atoms with Crippen LogP contribution in [-0.4, -0.2) is 25.1 Å². The Hall–Kier alpha value is -1.73. The minimum atomic E-state index is 0.224. The zero-order valence-corrected chi connectivity index (χ0v) is 10.6. The molecule has 4 heteroatoms. The van der Waals surface area contributed by atoms with Crippen LogP contribution in [0.5, 0.6) is 5.75 Å². The van der Waals surface area contributed by atoms with Gasteiger partial charge in [-0.1, -0.05) is 6.07 Å². The molecule has 0 aliphatic rings. The number of ether oxygens (including phenoxy) is 1. The first-order chi connectivity index (χ1) is 8.08. The van der Waals surface area contributed by atoms with Gasteiger partial charge in [-0.2, -0.15) is 5.26 Å². The van der Waals surface area contributed by atoms with Gasteiger partial charge in [0.15, 0.2) is 0 Å². The van der Waals surface area contributed by atoms with Gasteiger partial charge >= 0.3 is 0 Å². The van der Waals surface area contributed by atoms with Crippen molar-refractivity contribution in [3.63, 3.8) is 0 Å². The number of methoxy groups -OCH3 is 1. The predicted molar refractivity (Wildman–Crippen MR) is 68.6 cm³/mol. The summed E-state index contributed by atoms with van der Waals surface area (Å²) in [7, 11) is 3.63. The van der Waals surface area contributed by atoms with Gasteiger partial charge in [-0.25, -0.2) is 0 Å². The highest BCUT2D eigenvalue weighted by Gasteiger charge is 2.12. The van der Waals surface area contributed by atoms with Gasteiger partial charge in [0.05, 0.1) is 19.6 Å². The highest BCUT2D eigenvalue weighted by molar-refractivity contribution is 5.48. The number of nitrogens with zero attached hydrogens (tertiary/aromatic N) is 2. The molecule has 1 atom stereocenters. The Bertz CT molecular complexity index is 412. The average Bonchev–Trinajstić information content (AvgIpc) is 2.31. The number of hydrogen-bond acceptors (Lipinski definition) is 4. The van der Waals surface area contributed by atoms with Crippen molar-refractivity contribution in [1.29, 1.82) is 5.26 Å². The molecule has 1 unspecified atom stereocenters. The van der Waals surface area contributed by atoms with Crippen LogP contribution in [0.3, 0.4) is 0 Å². The minimum Gasteiger partial charge on any atom is -0.496 e. The van der Waals surface area contributed by atoms with Gasteiger partial charge in [0.25, 0.3) is 0 Å². The van der Waals surface area contributed by atoms with E-state index in [0.29, 0.717) is 12.1 Å². The highest BCUT2D eigenvalue weighted by Crippen LogP contribution is 2.23. The van der Waals surface area contributed by atoms with E-state index < -0.39 is 0 Å². The lowest BCUT2D eigenvalue weighted by molar-refractivity contribution is 0.248. The molecule has 0 aliphatic carbocycles. The van der Waals surface area contributed by atoms with Crippen molar-refractivity contribution in [2.75, 3.05) is 19.9 Å². The third-order valence-corrected chi connectivity index (χ3v) is 2.87. The van der Waals surface area contributed by atoms with Crippen LogP contribution in [0.2, 0.25) is 0 Å². The zero-order valence-electron chi connectivity index (χ0n) is 10.6. The van der Waals surface area contributed by atoms with E-state index in [4.69, 9.17) is 15.7 Å². The van der Waals surface area contributed by atoms with Crippen molar-refractivity contribution >= 4 is 5.69 Å². The van der Waals surface area contributed by atoms with Crippen LogP contribution < -0.4 is 10.5 Å². The minimum absolute atomic E-state index is 0.224. The van der Waals surface area contributed by atoms with Gasteiger partial charge in [0.2, 0.25) is 0 Å². The number of anilines is 1. The maximum atomic E-state index is 8.67. The molecule has 0 saturated heterocycles. The van der Waals surface area contributed by atoms with Crippen molar-refractivity contribution in [2.24, 2.45) is 0 Å². The molecule has 1 aromatic carbocycles. The summed E-state index contributed by atoms with van der Waals surface area (Å²) >= 11 is 0. The molecule has 0 spiro atoms. The van der Waals surface area contributed by atoms with Crippen LogP contribution >= 0.6 is 0 Å². The number of nitrogen functional groups attached to an aromatic ring is 1. The maximum Gasteiger partial charge on any atom is 0.125 e. The van der Waals surface area contributed by atoms with Crippen LogP contribution in [0.15, 0.2) is 18.2 Å². The van der Waals surface area contributed by atoms with Crippen LogP contribution in [0.4, 0.5) is 5.69 Å². The van der Waals surface area contributed by atoms with E-state index in [9.17, 15) is 0 Å². The Labute approximate surface area is 103 Å². The molecule has 92 valence electrons. The molecule has 0 aliphatic heterocycles. The molecule has 1 aromatic rings. The standard InChI is InChI=1S/C13H19N3O/c1-10(6-7-14)16(2)9-11-4-5-12(15)8-13(11)17-3/h4-5,8,10H,6,9,15H2,1-3H3. The maximum absolute atomic E-state index is 8.67. The first-order valence-electron chi connectivity index (χ1n) is 5.58. The molecule has 0 radical (unpaired) electrons. The van der Waals surface area contributed by atoms with Crippen molar-refractivity contribution in [2.45, 2.75) is 25.9 Å². The van der Waals surface area contributed by atoms with E-state index in [0.717, 1.165) is 17.9 Å². The molecule has 4 nitrogen and oxygen atoms in total. The van der Waals surface area contributed by atoms with Gasteiger partial charge in [-0.3, -0.25) is 4.90 Å². The van der Waals surface area contributed by atoms with Crippen LogP contribution in [0.25, 0.3) is 0 Å². The van der Waals surface area contributed by atoms with Gasteiger partial charge in [-0.15, -0.1) is 0 Å². The van der Waals surface area contributed by atoms with Crippen LogP contribution in [0.1, 0.15) is 18.9 Å². The zero-order chi connectivity index (χ0) is 12.8. The lowest BCUT2D eigenvalue weighted by Gasteiger charge is -2.23. The Balaban J connectivity index is 2.77. The Morgan fingerprint density at radius 1 is 1.53 bits per heavy atom. The third-order valence-electron chi connectivity index (χ3n) is 2.87.